The number of aliphatic carboxylic acids is 3. The highest BCUT2D eigenvalue weighted by Crippen LogP contribution is 2.01. The molecule has 6 N–H and O–H groups in total. The number of nitrogens with zero attached hydrogens (tertiary/aromatic N) is 1. The fourth-order valence-corrected chi connectivity index (χ4v) is 1.92. The highest BCUT2D eigenvalue weighted by atomic mass is 16.4. The molecule has 0 saturated carbocycles. The molecule has 3 atom stereocenters. The summed E-state index contributed by atoms with van der Waals surface area (Å²) >= 11 is 0. The van der Waals surface area contributed by atoms with E-state index in [9.17, 15) is 14.4 Å². The standard InChI is InChI=1S/C13H20N4O6/c1-7(11(18)19)17-9(12(20)21)2-3-15-10(13(22)23)4-8-5-14-6-16-8/h5-7,9-10,15,17H,2-4H2,1H3,(H,14,16)(H,18,19)(H,20,21)(H,22,23)/t7-,9-,10+/m0/s1. The van der Waals surface area contributed by atoms with Crippen LogP contribution in [0.3, 0.4) is 0 Å². The van der Waals surface area contributed by atoms with Crippen molar-refractivity contribution >= 4 is 17.9 Å². The van der Waals surface area contributed by atoms with Crippen molar-refractivity contribution in [2.45, 2.75) is 37.9 Å². The van der Waals surface area contributed by atoms with Gasteiger partial charge in [0.15, 0.2) is 0 Å². The molecule has 0 aliphatic heterocycles. The van der Waals surface area contributed by atoms with Crippen molar-refractivity contribution in [3.05, 3.63) is 18.2 Å². The molecule has 1 heterocycles. The van der Waals surface area contributed by atoms with Crippen LogP contribution >= 0.6 is 0 Å². The smallest absolute Gasteiger partial charge is 0.321 e. The summed E-state index contributed by atoms with van der Waals surface area (Å²) in [5.41, 5.74) is 0.636. The maximum Gasteiger partial charge on any atom is 0.321 e. The van der Waals surface area contributed by atoms with Crippen molar-refractivity contribution < 1.29 is 29.7 Å². The van der Waals surface area contributed by atoms with Crippen molar-refractivity contribution in [2.75, 3.05) is 6.54 Å². The van der Waals surface area contributed by atoms with E-state index in [1.54, 1.807) is 0 Å². The highest BCUT2D eigenvalue weighted by Gasteiger charge is 2.24. The summed E-state index contributed by atoms with van der Waals surface area (Å²) < 4.78 is 0. The molecule has 1 aromatic heterocycles. The number of rotatable bonds is 11. The zero-order valence-corrected chi connectivity index (χ0v) is 12.5. The Hall–Kier alpha value is -2.46. The lowest BCUT2D eigenvalue weighted by molar-refractivity contribution is -0.142. The Labute approximate surface area is 131 Å². The number of hydrogen-bond donors (Lipinski definition) is 6. The summed E-state index contributed by atoms with van der Waals surface area (Å²) in [6.45, 7) is 1.44. The Balaban J connectivity index is 2.50. The van der Waals surface area contributed by atoms with E-state index in [0.717, 1.165) is 0 Å². The molecule has 1 aromatic rings. The van der Waals surface area contributed by atoms with Crippen LogP contribution < -0.4 is 10.6 Å². The Morgan fingerprint density at radius 3 is 2.30 bits per heavy atom. The van der Waals surface area contributed by atoms with Crippen molar-refractivity contribution in [1.82, 2.24) is 20.6 Å². The van der Waals surface area contributed by atoms with Gasteiger partial charge in [-0.05, 0) is 19.9 Å². The van der Waals surface area contributed by atoms with Crippen molar-refractivity contribution in [3.63, 3.8) is 0 Å². The Morgan fingerprint density at radius 2 is 1.83 bits per heavy atom. The molecule has 23 heavy (non-hydrogen) atoms. The zero-order valence-electron chi connectivity index (χ0n) is 12.5. The van der Waals surface area contributed by atoms with Crippen LogP contribution in [0, 0.1) is 0 Å². The minimum atomic E-state index is -1.19. The van der Waals surface area contributed by atoms with Crippen LogP contribution in [0.15, 0.2) is 12.5 Å². The number of nitrogens with one attached hydrogen (secondary N) is 3. The molecule has 0 aliphatic rings. The molecule has 0 spiro atoms. The number of hydrogen-bond acceptors (Lipinski definition) is 6. The molecule has 0 unspecified atom stereocenters. The number of imidazole rings is 1. The highest BCUT2D eigenvalue weighted by molar-refractivity contribution is 5.77. The molecule has 0 aliphatic carbocycles. The second-order valence-electron chi connectivity index (χ2n) is 5.03. The third-order valence-electron chi connectivity index (χ3n) is 3.22. The van der Waals surface area contributed by atoms with E-state index < -0.39 is 36.0 Å². The Kier molecular flexibility index (Phi) is 7.16. The van der Waals surface area contributed by atoms with Crippen LogP contribution in [-0.2, 0) is 20.8 Å². The Bertz CT molecular complexity index is 533. The SMILES string of the molecule is C[C@H](N[C@@H](CCN[C@H](Cc1cnc[nH]1)C(=O)O)C(=O)O)C(=O)O. The van der Waals surface area contributed by atoms with Crippen molar-refractivity contribution in [3.8, 4) is 0 Å². The van der Waals surface area contributed by atoms with Gasteiger partial charge >= 0.3 is 17.9 Å². The average Bonchev–Trinajstić information content (AvgIpc) is 2.97. The van der Waals surface area contributed by atoms with Gasteiger partial charge in [0, 0.05) is 18.3 Å². The van der Waals surface area contributed by atoms with Gasteiger partial charge in [-0.2, -0.15) is 0 Å². The summed E-state index contributed by atoms with van der Waals surface area (Å²) in [7, 11) is 0. The Morgan fingerprint density at radius 1 is 1.17 bits per heavy atom. The summed E-state index contributed by atoms with van der Waals surface area (Å²) in [5, 5.41) is 32.2. The lowest BCUT2D eigenvalue weighted by atomic mass is 10.1. The fraction of sp³-hybridized carbons (Fsp3) is 0.538. The second-order valence-corrected chi connectivity index (χ2v) is 5.03. The zero-order chi connectivity index (χ0) is 17.4. The van der Waals surface area contributed by atoms with Gasteiger partial charge in [0.25, 0.3) is 0 Å². The molecule has 0 amide bonds. The van der Waals surface area contributed by atoms with Crippen LogP contribution in [0.25, 0.3) is 0 Å². The van der Waals surface area contributed by atoms with Gasteiger partial charge in [0.2, 0.25) is 0 Å². The van der Waals surface area contributed by atoms with Crippen LogP contribution in [0.2, 0.25) is 0 Å². The lowest BCUT2D eigenvalue weighted by Gasteiger charge is -2.19. The van der Waals surface area contributed by atoms with Crippen LogP contribution in [0.4, 0.5) is 0 Å². The molecule has 0 saturated heterocycles. The first-order chi connectivity index (χ1) is 10.8. The number of H-pyrrole nitrogens is 1. The number of carboxylic acid groups (broad SMARTS) is 3. The molecule has 0 bridgehead atoms. The van der Waals surface area contributed by atoms with E-state index in [2.05, 4.69) is 20.6 Å². The summed E-state index contributed by atoms with van der Waals surface area (Å²) in [6.07, 6.45) is 3.16. The molecule has 128 valence electrons. The van der Waals surface area contributed by atoms with Gasteiger partial charge < -0.3 is 25.6 Å². The molecule has 0 fully saturated rings. The van der Waals surface area contributed by atoms with E-state index in [-0.39, 0.29) is 19.4 Å². The van der Waals surface area contributed by atoms with E-state index >= 15 is 0 Å². The minimum Gasteiger partial charge on any atom is -0.480 e. The predicted octanol–water partition coefficient (Wildman–Crippen LogP) is -1.10. The van der Waals surface area contributed by atoms with Crippen LogP contribution in [0.1, 0.15) is 19.0 Å². The monoisotopic (exact) mass is 328 g/mol. The topological polar surface area (TPSA) is 165 Å². The summed E-state index contributed by atoms with van der Waals surface area (Å²) in [6, 6.07) is -3.01. The first-order valence-electron chi connectivity index (χ1n) is 6.96. The summed E-state index contributed by atoms with van der Waals surface area (Å²) in [4.78, 5) is 39.6. The van der Waals surface area contributed by atoms with Gasteiger partial charge in [-0.3, -0.25) is 19.7 Å². The minimum absolute atomic E-state index is 0.0414. The molecule has 10 nitrogen and oxygen atoms in total. The average molecular weight is 328 g/mol. The van der Waals surface area contributed by atoms with Gasteiger partial charge in [0.05, 0.1) is 6.33 Å². The number of aromatic nitrogens is 2. The first-order valence-corrected chi connectivity index (χ1v) is 6.96. The van der Waals surface area contributed by atoms with Gasteiger partial charge in [0.1, 0.15) is 18.1 Å². The van der Waals surface area contributed by atoms with E-state index in [4.69, 9.17) is 15.3 Å². The van der Waals surface area contributed by atoms with E-state index in [0.29, 0.717) is 5.69 Å². The number of aromatic amines is 1. The van der Waals surface area contributed by atoms with E-state index in [1.807, 2.05) is 0 Å². The third-order valence-corrected chi connectivity index (χ3v) is 3.22. The van der Waals surface area contributed by atoms with Crippen molar-refractivity contribution in [1.29, 1.82) is 0 Å². The normalized spacial score (nSPS) is 14.8. The second kappa shape index (κ2) is 8.86. The molecule has 0 aromatic carbocycles. The fourth-order valence-electron chi connectivity index (χ4n) is 1.92. The quantitative estimate of drug-likeness (QED) is 0.296. The largest absolute Gasteiger partial charge is 0.480 e. The van der Waals surface area contributed by atoms with E-state index in [1.165, 1.54) is 19.4 Å². The van der Waals surface area contributed by atoms with Crippen LogP contribution in [-0.4, -0.2) is 67.9 Å². The van der Waals surface area contributed by atoms with Gasteiger partial charge in [-0.15, -0.1) is 0 Å². The van der Waals surface area contributed by atoms with Gasteiger partial charge in [-0.25, -0.2) is 4.98 Å². The molecule has 1 rings (SSSR count). The van der Waals surface area contributed by atoms with Gasteiger partial charge in [-0.1, -0.05) is 0 Å². The first kappa shape index (κ1) is 18.6. The number of carbonyl (C=O) groups is 3. The van der Waals surface area contributed by atoms with Crippen LogP contribution in [0.5, 0.6) is 0 Å². The predicted molar refractivity (Wildman–Crippen MR) is 78.0 cm³/mol. The lowest BCUT2D eigenvalue weighted by Crippen LogP contribution is -2.48. The molecule has 0 radical (unpaired) electrons. The maximum atomic E-state index is 11.2. The third kappa shape index (κ3) is 6.45. The molecular weight excluding hydrogens is 308 g/mol. The van der Waals surface area contributed by atoms with Crippen molar-refractivity contribution in [2.24, 2.45) is 0 Å². The maximum absolute atomic E-state index is 11.2. The molecule has 10 heteroatoms. The molecular formula is C13H20N4O6. The summed E-state index contributed by atoms with van der Waals surface area (Å²) in [5.74, 6) is -3.43. The number of carboxylic acids is 3.